The number of nitrogens with zero attached hydrogens (tertiary/aromatic N) is 4. The van der Waals surface area contributed by atoms with E-state index in [0.29, 0.717) is 13.0 Å². The summed E-state index contributed by atoms with van der Waals surface area (Å²) < 4.78 is 26.2. The van der Waals surface area contributed by atoms with Gasteiger partial charge in [0.1, 0.15) is 0 Å². The molecule has 0 fully saturated rings. The summed E-state index contributed by atoms with van der Waals surface area (Å²) in [6, 6.07) is 6.73. The van der Waals surface area contributed by atoms with Crippen LogP contribution in [0.5, 0.6) is 0 Å². The van der Waals surface area contributed by atoms with Crippen molar-refractivity contribution in [2.75, 3.05) is 19.6 Å². The molecule has 0 aliphatic heterocycles. The summed E-state index contributed by atoms with van der Waals surface area (Å²) in [5.41, 5.74) is 9.26. The topological polar surface area (TPSA) is 86.1 Å². The third kappa shape index (κ3) is 4.24. The van der Waals surface area contributed by atoms with Crippen molar-refractivity contribution < 1.29 is 8.42 Å². The van der Waals surface area contributed by atoms with Crippen LogP contribution in [0, 0.1) is 6.92 Å². The fraction of sp³-hybridized carbons (Fsp3) is 0.500. The van der Waals surface area contributed by atoms with Gasteiger partial charge < -0.3 is 0 Å². The van der Waals surface area contributed by atoms with Crippen LogP contribution in [0.2, 0.25) is 0 Å². The molecule has 0 saturated heterocycles. The van der Waals surface area contributed by atoms with Gasteiger partial charge in [-0.05, 0) is 31.0 Å². The van der Waals surface area contributed by atoms with Crippen LogP contribution in [0.1, 0.15) is 18.9 Å². The number of aryl methyl sites for hydroxylation is 1. The highest BCUT2D eigenvalue weighted by molar-refractivity contribution is 7.89. The highest BCUT2D eigenvalue weighted by Crippen LogP contribution is 2.16. The van der Waals surface area contributed by atoms with E-state index in [9.17, 15) is 8.42 Å². The van der Waals surface area contributed by atoms with E-state index >= 15 is 0 Å². The van der Waals surface area contributed by atoms with Gasteiger partial charge in [-0.15, -0.1) is 0 Å². The molecule has 0 aliphatic rings. The monoisotopic (exact) mass is 282 g/mol. The number of sulfonamides is 1. The van der Waals surface area contributed by atoms with Crippen molar-refractivity contribution in [2.45, 2.75) is 25.2 Å². The lowest BCUT2D eigenvalue weighted by atomic mass is 10.2. The van der Waals surface area contributed by atoms with E-state index in [4.69, 9.17) is 5.53 Å². The smallest absolute Gasteiger partial charge is 0.207 e. The van der Waals surface area contributed by atoms with Crippen molar-refractivity contribution in [1.29, 1.82) is 0 Å². The van der Waals surface area contributed by atoms with E-state index in [2.05, 4.69) is 10.0 Å². The molecule has 1 aromatic rings. The number of rotatable bonds is 7. The van der Waals surface area contributed by atoms with Gasteiger partial charge in [0.2, 0.25) is 10.0 Å². The fourth-order valence-electron chi connectivity index (χ4n) is 1.66. The lowest BCUT2D eigenvalue weighted by Gasteiger charge is -2.20. The van der Waals surface area contributed by atoms with Gasteiger partial charge >= 0.3 is 0 Å². The number of azide groups is 1. The summed E-state index contributed by atoms with van der Waals surface area (Å²) in [4.78, 5) is 2.91. The standard InChI is InChI=1S/C12H18N4O2S/c1-3-9-16(10-8-14-15-13)19(17,18)12-6-4-11(2)5-7-12/h4-7H,3,8-10H2,1-2H3. The van der Waals surface area contributed by atoms with Crippen LogP contribution in [0.25, 0.3) is 10.4 Å². The van der Waals surface area contributed by atoms with E-state index < -0.39 is 10.0 Å². The molecule has 0 atom stereocenters. The molecule has 0 heterocycles. The summed E-state index contributed by atoms with van der Waals surface area (Å²) in [6.45, 7) is 4.57. The lowest BCUT2D eigenvalue weighted by molar-refractivity contribution is 0.418. The molecule has 0 aromatic heterocycles. The molecule has 104 valence electrons. The van der Waals surface area contributed by atoms with Gasteiger partial charge in [0.25, 0.3) is 0 Å². The van der Waals surface area contributed by atoms with Gasteiger partial charge in [-0.25, -0.2) is 8.42 Å². The second-order valence-corrected chi connectivity index (χ2v) is 6.11. The average Bonchev–Trinajstić information content (AvgIpc) is 2.38. The Kier molecular flexibility index (Phi) is 5.82. The van der Waals surface area contributed by atoms with Crippen molar-refractivity contribution >= 4 is 10.0 Å². The third-order valence-electron chi connectivity index (χ3n) is 2.64. The zero-order valence-corrected chi connectivity index (χ0v) is 12.0. The predicted octanol–water partition coefficient (Wildman–Crippen LogP) is 2.71. The van der Waals surface area contributed by atoms with Crippen LogP contribution in [0.15, 0.2) is 34.3 Å². The minimum absolute atomic E-state index is 0.140. The van der Waals surface area contributed by atoms with Crippen LogP contribution in [0.4, 0.5) is 0 Å². The summed E-state index contributed by atoms with van der Waals surface area (Å²) in [5, 5.41) is 3.39. The van der Waals surface area contributed by atoms with Gasteiger partial charge in [-0.2, -0.15) is 4.31 Å². The van der Waals surface area contributed by atoms with E-state index in [1.165, 1.54) is 4.31 Å². The van der Waals surface area contributed by atoms with E-state index in [-0.39, 0.29) is 18.0 Å². The molecule has 0 bridgehead atoms. The summed E-state index contributed by atoms with van der Waals surface area (Å²) in [6.07, 6.45) is 0.710. The first kappa shape index (κ1) is 15.5. The minimum atomic E-state index is -3.51. The summed E-state index contributed by atoms with van der Waals surface area (Å²) >= 11 is 0. The Morgan fingerprint density at radius 1 is 1.26 bits per heavy atom. The Bertz CT molecular complexity index is 548. The molecule has 0 amide bonds. The van der Waals surface area contributed by atoms with Gasteiger partial charge in [-0.1, -0.05) is 29.7 Å². The van der Waals surface area contributed by atoms with Crippen LogP contribution in [-0.4, -0.2) is 32.4 Å². The maximum Gasteiger partial charge on any atom is 0.243 e. The van der Waals surface area contributed by atoms with Gasteiger partial charge in [-0.3, -0.25) is 0 Å². The largest absolute Gasteiger partial charge is 0.243 e. The molecular formula is C12H18N4O2S. The number of hydrogen-bond acceptors (Lipinski definition) is 3. The maximum atomic E-state index is 12.4. The van der Waals surface area contributed by atoms with Gasteiger partial charge in [0, 0.05) is 24.5 Å². The molecule has 0 N–H and O–H groups in total. The molecule has 0 unspecified atom stereocenters. The van der Waals surface area contributed by atoms with E-state index in [1.54, 1.807) is 24.3 Å². The molecule has 0 spiro atoms. The first-order chi connectivity index (χ1) is 9.02. The molecular weight excluding hydrogens is 264 g/mol. The zero-order valence-electron chi connectivity index (χ0n) is 11.2. The molecule has 0 aliphatic carbocycles. The van der Waals surface area contributed by atoms with Crippen molar-refractivity contribution in [2.24, 2.45) is 5.11 Å². The Morgan fingerprint density at radius 3 is 2.42 bits per heavy atom. The minimum Gasteiger partial charge on any atom is -0.207 e. The first-order valence-electron chi connectivity index (χ1n) is 6.10. The highest BCUT2D eigenvalue weighted by Gasteiger charge is 2.22. The maximum absolute atomic E-state index is 12.4. The molecule has 6 nitrogen and oxygen atoms in total. The van der Waals surface area contributed by atoms with Gasteiger partial charge in [0.15, 0.2) is 0 Å². The van der Waals surface area contributed by atoms with Crippen molar-refractivity contribution in [3.8, 4) is 0 Å². The summed E-state index contributed by atoms with van der Waals surface area (Å²) in [7, 11) is -3.51. The van der Waals surface area contributed by atoms with Crippen LogP contribution < -0.4 is 0 Å². The number of hydrogen-bond donors (Lipinski definition) is 0. The molecule has 19 heavy (non-hydrogen) atoms. The molecule has 7 heteroatoms. The Morgan fingerprint density at radius 2 is 1.89 bits per heavy atom. The lowest BCUT2D eigenvalue weighted by Crippen LogP contribution is -2.33. The van der Waals surface area contributed by atoms with E-state index in [0.717, 1.165) is 5.56 Å². The quantitative estimate of drug-likeness (QED) is 0.437. The Labute approximate surface area is 113 Å². The second-order valence-electron chi connectivity index (χ2n) is 4.17. The van der Waals surface area contributed by atoms with E-state index in [1.807, 2.05) is 13.8 Å². The van der Waals surface area contributed by atoms with Crippen molar-refractivity contribution in [3.63, 3.8) is 0 Å². The van der Waals surface area contributed by atoms with Crippen LogP contribution >= 0.6 is 0 Å². The SMILES string of the molecule is CCCN(CCN=[N+]=[N-])S(=O)(=O)c1ccc(C)cc1. The molecule has 1 aromatic carbocycles. The van der Waals surface area contributed by atoms with Crippen LogP contribution in [-0.2, 0) is 10.0 Å². The predicted molar refractivity (Wildman–Crippen MR) is 74.2 cm³/mol. The Balaban J connectivity index is 2.97. The van der Waals surface area contributed by atoms with Gasteiger partial charge in [0.05, 0.1) is 4.90 Å². The molecule has 0 radical (unpaired) electrons. The third-order valence-corrected chi connectivity index (χ3v) is 4.56. The van der Waals surface area contributed by atoms with Crippen molar-refractivity contribution in [1.82, 2.24) is 4.31 Å². The normalized spacial score (nSPS) is 11.3. The molecule has 0 saturated carbocycles. The number of benzene rings is 1. The average molecular weight is 282 g/mol. The summed E-state index contributed by atoms with van der Waals surface area (Å²) in [5.74, 6) is 0. The highest BCUT2D eigenvalue weighted by atomic mass is 32.2. The fourth-order valence-corrected chi connectivity index (χ4v) is 3.18. The van der Waals surface area contributed by atoms with Crippen LogP contribution in [0.3, 0.4) is 0 Å². The second kappa shape index (κ2) is 7.13. The zero-order chi connectivity index (χ0) is 14.3. The Hall–Kier alpha value is -1.56. The van der Waals surface area contributed by atoms with Crippen molar-refractivity contribution in [3.05, 3.63) is 40.3 Å². The first-order valence-corrected chi connectivity index (χ1v) is 7.54. The molecule has 1 rings (SSSR count).